The van der Waals surface area contributed by atoms with Crippen LogP contribution in [0.4, 0.5) is 0 Å². The molecule has 184 valence electrons. The molecule has 2 aromatic carbocycles. The minimum absolute atomic E-state index is 0.0592. The molecular formula is C26H32O8. The third-order valence-electron chi connectivity index (χ3n) is 6.81. The number of ether oxygens (including phenoxy) is 2. The second-order valence-electron chi connectivity index (χ2n) is 9.46. The maximum absolute atomic E-state index is 11.6. The summed E-state index contributed by atoms with van der Waals surface area (Å²) in [6.45, 7) is 6.12. The first-order valence-electron chi connectivity index (χ1n) is 11.6. The molecule has 2 aliphatic rings. The Labute approximate surface area is 198 Å². The van der Waals surface area contributed by atoms with Gasteiger partial charge in [0.25, 0.3) is 0 Å². The summed E-state index contributed by atoms with van der Waals surface area (Å²) in [5.74, 6) is -1.44. The van der Waals surface area contributed by atoms with E-state index < -0.39 is 36.5 Å². The van der Waals surface area contributed by atoms with Gasteiger partial charge in [0.2, 0.25) is 0 Å². The zero-order valence-electron chi connectivity index (χ0n) is 19.1. The molecule has 34 heavy (non-hydrogen) atoms. The third kappa shape index (κ3) is 4.96. The van der Waals surface area contributed by atoms with E-state index in [2.05, 4.69) is 6.58 Å². The van der Waals surface area contributed by atoms with E-state index in [9.17, 15) is 30.3 Å². The van der Waals surface area contributed by atoms with Crippen molar-refractivity contribution in [1.82, 2.24) is 0 Å². The first kappa shape index (κ1) is 24.6. The minimum Gasteiger partial charge on any atom is -0.507 e. The summed E-state index contributed by atoms with van der Waals surface area (Å²) in [7, 11) is 0. The number of aliphatic hydroxyl groups is 3. The second kappa shape index (κ2) is 10.0. The molecular weight excluding hydrogens is 440 g/mol. The number of phenolic OH excluding ortho intramolecular Hbond substituents is 1. The van der Waals surface area contributed by atoms with Gasteiger partial charge in [-0.2, -0.15) is 0 Å². The zero-order valence-corrected chi connectivity index (χ0v) is 19.1. The summed E-state index contributed by atoms with van der Waals surface area (Å²) in [4.78, 5) is 11.6. The van der Waals surface area contributed by atoms with E-state index in [0.29, 0.717) is 35.8 Å². The van der Waals surface area contributed by atoms with Crippen molar-refractivity contribution >= 4 is 16.7 Å². The Morgan fingerprint density at radius 2 is 1.85 bits per heavy atom. The van der Waals surface area contributed by atoms with Gasteiger partial charge in [0.15, 0.2) is 6.10 Å². The van der Waals surface area contributed by atoms with Crippen molar-refractivity contribution in [1.29, 1.82) is 0 Å². The van der Waals surface area contributed by atoms with Crippen molar-refractivity contribution in [2.45, 2.75) is 81.8 Å². The zero-order chi connectivity index (χ0) is 24.6. The lowest BCUT2D eigenvalue weighted by atomic mass is 9.87. The molecule has 2 aromatic rings. The fraction of sp³-hybridized carbons (Fsp3) is 0.500. The summed E-state index contributed by atoms with van der Waals surface area (Å²) in [5.41, 5.74) is 1.73. The Hall–Kier alpha value is -2.49. The predicted octanol–water partition coefficient (Wildman–Crippen LogP) is 2.60. The Balaban J connectivity index is 1.65. The van der Waals surface area contributed by atoms with Gasteiger partial charge in [-0.15, -0.1) is 0 Å². The van der Waals surface area contributed by atoms with Crippen LogP contribution in [-0.2, 0) is 20.7 Å². The van der Waals surface area contributed by atoms with Crippen LogP contribution in [0.25, 0.3) is 10.8 Å². The third-order valence-corrected chi connectivity index (χ3v) is 6.81. The first-order chi connectivity index (χ1) is 16.2. The van der Waals surface area contributed by atoms with Crippen molar-refractivity contribution in [2.24, 2.45) is 0 Å². The molecule has 4 rings (SSSR count). The summed E-state index contributed by atoms with van der Waals surface area (Å²) < 4.78 is 11.5. The Morgan fingerprint density at radius 1 is 1.12 bits per heavy atom. The molecule has 8 nitrogen and oxygen atoms in total. The highest BCUT2D eigenvalue weighted by molar-refractivity contribution is 5.89. The Morgan fingerprint density at radius 3 is 2.59 bits per heavy atom. The standard InChI is InChI=1S/C26H32O8/c1-13(10-20-18(27)8-7-14(2)33-20)9-16-11-15-5-3-4-6-17(15)22(23(16)29)21-12-19(28)24(30)25(34-21)26(31)32/h3-6,11,14,18-21,24-25,27-30H,1,7-10,12H2,2H3,(H,31,32)/t14-,18?,19?,20?,21?,24-,25?/m0/s1. The smallest absolute Gasteiger partial charge is 0.335 e. The van der Waals surface area contributed by atoms with Crippen molar-refractivity contribution < 1.29 is 39.8 Å². The van der Waals surface area contributed by atoms with Gasteiger partial charge in [0.1, 0.15) is 11.9 Å². The van der Waals surface area contributed by atoms with Gasteiger partial charge < -0.3 is 35.0 Å². The fourth-order valence-corrected chi connectivity index (χ4v) is 5.01. The molecule has 2 fully saturated rings. The van der Waals surface area contributed by atoms with Crippen LogP contribution < -0.4 is 0 Å². The highest BCUT2D eigenvalue weighted by Crippen LogP contribution is 2.43. The quantitative estimate of drug-likeness (QED) is 0.405. The molecule has 5 N–H and O–H groups in total. The number of fused-ring (bicyclic) bond motifs is 1. The van der Waals surface area contributed by atoms with Gasteiger partial charge in [0, 0.05) is 12.0 Å². The largest absolute Gasteiger partial charge is 0.507 e. The van der Waals surface area contributed by atoms with Crippen LogP contribution in [0.15, 0.2) is 42.5 Å². The van der Waals surface area contributed by atoms with E-state index in [1.165, 1.54) is 0 Å². The maximum Gasteiger partial charge on any atom is 0.335 e. The van der Waals surface area contributed by atoms with E-state index in [-0.39, 0.29) is 24.4 Å². The lowest BCUT2D eigenvalue weighted by Crippen LogP contribution is -2.49. The summed E-state index contributed by atoms with van der Waals surface area (Å²) in [6, 6.07) is 9.18. The van der Waals surface area contributed by atoms with Gasteiger partial charge >= 0.3 is 5.97 Å². The minimum atomic E-state index is -1.61. The van der Waals surface area contributed by atoms with Crippen molar-refractivity contribution in [3.63, 3.8) is 0 Å². The van der Waals surface area contributed by atoms with Crippen molar-refractivity contribution in [3.05, 3.63) is 53.6 Å². The first-order valence-corrected chi connectivity index (χ1v) is 11.6. The number of benzene rings is 2. The number of phenols is 1. The van der Waals surface area contributed by atoms with Gasteiger partial charge in [-0.1, -0.05) is 36.4 Å². The molecule has 0 spiro atoms. The molecule has 5 unspecified atom stereocenters. The van der Waals surface area contributed by atoms with Crippen molar-refractivity contribution in [3.8, 4) is 5.75 Å². The Bertz CT molecular complexity index is 1070. The van der Waals surface area contributed by atoms with Gasteiger partial charge in [0.05, 0.1) is 30.5 Å². The van der Waals surface area contributed by atoms with Gasteiger partial charge in [-0.05, 0) is 55.0 Å². The summed E-state index contributed by atoms with van der Waals surface area (Å²) in [6.07, 6.45) is -4.10. The molecule has 8 heteroatoms. The lowest BCUT2D eigenvalue weighted by molar-refractivity contribution is -0.194. The molecule has 0 amide bonds. The van der Waals surface area contributed by atoms with Crippen LogP contribution in [0.2, 0.25) is 0 Å². The molecule has 2 aliphatic heterocycles. The number of rotatable bonds is 6. The van der Waals surface area contributed by atoms with Crippen LogP contribution in [0.1, 0.15) is 49.8 Å². The van der Waals surface area contributed by atoms with E-state index >= 15 is 0 Å². The average Bonchev–Trinajstić information content (AvgIpc) is 2.78. The number of aliphatic hydroxyl groups excluding tert-OH is 3. The average molecular weight is 473 g/mol. The molecule has 0 saturated carbocycles. The summed E-state index contributed by atoms with van der Waals surface area (Å²) >= 11 is 0. The number of aliphatic carboxylic acids is 1. The SMILES string of the molecule is C=C(Cc1cc2ccccc2c(C2CC(O)[C@H](O)C(C(=O)O)O2)c1O)CC1O[C@@H](C)CCC1O. The highest BCUT2D eigenvalue weighted by atomic mass is 16.5. The lowest BCUT2D eigenvalue weighted by Gasteiger charge is -2.36. The number of hydrogen-bond acceptors (Lipinski definition) is 7. The molecule has 2 heterocycles. The fourth-order valence-electron chi connectivity index (χ4n) is 5.01. The number of carboxylic acids is 1. The van der Waals surface area contributed by atoms with Crippen LogP contribution in [0, 0.1) is 0 Å². The number of carbonyl (C=O) groups is 1. The number of aromatic hydroxyl groups is 1. The van der Waals surface area contributed by atoms with E-state index in [1.807, 2.05) is 25.1 Å². The normalized spacial score (nSPS) is 31.9. The topological polar surface area (TPSA) is 137 Å². The molecule has 7 atom stereocenters. The van der Waals surface area contributed by atoms with Crippen LogP contribution in [0.5, 0.6) is 5.75 Å². The molecule has 0 bridgehead atoms. The van der Waals surface area contributed by atoms with Crippen molar-refractivity contribution in [2.75, 3.05) is 0 Å². The Kier molecular flexibility index (Phi) is 7.25. The predicted molar refractivity (Wildman–Crippen MR) is 125 cm³/mol. The molecule has 0 aromatic heterocycles. The van der Waals surface area contributed by atoms with Crippen LogP contribution >= 0.6 is 0 Å². The van der Waals surface area contributed by atoms with E-state index in [1.54, 1.807) is 12.1 Å². The van der Waals surface area contributed by atoms with Crippen LogP contribution in [0.3, 0.4) is 0 Å². The maximum atomic E-state index is 11.6. The van der Waals surface area contributed by atoms with Gasteiger partial charge in [-0.3, -0.25) is 0 Å². The highest BCUT2D eigenvalue weighted by Gasteiger charge is 2.42. The van der Waals surface area contributed by atoms with E-state index in [0.717, 1.165) is 17.4 Å². The molecule has 2 saturated heterocycles. The second-order valence-corrected chi connectivity index (χ2v) is 9.46. The number of carboxylic acid groups (broad SMARTS) is 1. The number of hydrogen-bond donors (Lipinski definition) is 5. The molecule has 0 radical (unpaired) electrons. The van der Waals surface area contributed by atoms with Gasteiger partial charge in [-0.25, -0.2) is 4.79 Å². The van der Waals surface area contributed by atoms with Crippen LogP contribution in [-0.4, -0.2) is 68.1 Å². The molecule has 0 aliphatic carbocycles. The summed E-state index contributed by atoms with van der Waals surface area (Å²) in [5, 5.41) is 52.9. The van der Waals surface area contributed by atoms with E-state index in [4.69, 9.17) is 9.47 Å². The monoisotopic (exact) mass is 472 g/mol.